The van der Waals surface area contributed by atoms with Crippen molar-refractivity contribution in [3.05, 3.63) is 77.0 Å². The second-order valence-corrected chi connectivity index (χ2v) is 6.25. The summed E-state index contributed by atoms with van der Waals surface area (Å²) in [4.78, 5) is 14.4. The number of hydrogen-bond donors (Lipinski definition) is 4. The standard InChI is InChI=1S/C21H23N3O2.ClH/c1-15-18(19-4-2-3-5-20(19)23-15)12-13-22-14-17-8-6-16(7-9-17)10-11-21(25)24-26;/h2-11,22-23,26H,12-14H2,1H3,(H,24,25);1H. The molecule has 5 nitrogen and oxygen atoms in total. The first-order valence-corrected chi connectivity index (χ1v) is 8.65. The summed E-state index contributed by atoms with van der Waals surface area (Å²) < 4.78 is 0. The third-order valence-corrected chi connectivity index (χ3v) is 4.42. The van der Waals surface area contributed by atoms with Gasteiger partial charge in [0.25, 0.3) is 5.91 Å². The van der Waals surface area contributed by atoms with Gasteiger partial charge in [-0.15, -0.1) is 12.4 Å². The summed E-state index contributed by atoms with van der Waals surface area (Å²) in [5, 5.41) is 13.2. The number of aromatic nitrogens is 1. The summed E-state index contributed by atoms with van der Waals surface area (Å²) in [6, 6.07) is 16.4. The predicted octanol–water partition coefficient (Wildman–Crippen LogP) is 3.75. The fourth-order valence-electron chi connectivity index (χ4n) is 3.06. The number of nitrogens with one attached hydrogen (secondary N) is 3. The minimum Gasteiger partial charge on any atom is -0.358 e. The molecule has 27 heavy (non-hydrogen) atoms. The Kier molecular flexibility index (Phi) is 7.61. The maximum absolute atomic E-state index is 11.0. The molecule has 1 aromatic heterocycles. The molecule has 0 atom stereocenters. The van der Waals surface area contributed by atoms with E-state index in [1.165, 1.54) is 33.8 Å². The largest absolute Gasteiger partial charge is 0.358 e. The van der Waals surface area contributed by atoms with Gasteiger partial charge in [-0.25, -0.2) is 5.48 Å². The molecule has 0 saturated carbocycles. The zero-order chi connectivity index (χ0) is 18.4. The first kappa shape index (κ1) is 20.7. The number of para-hydroxylation sites is 1. The lowest BCUT2D eigenvalue weighted by Gasteiger charge is -2.06. The SMILES string of the molecule is Cc1[nH]c2ccccc2c1CCNCc1ccc(C=CC(=O)NO)cc1.Cl. The molecule has 0 spiro atoms. The van der Waals surface area contributed by atoms with Gasteiger partial charge in [0.1, 0.15) is 0 Å². The summed E-state index contributed by atoms with van der Waals surface area (Å²) >= 11 is 0. The predicted molar refractivity (Wildman–Crippen MR) is 111 cm³/mol. The van der Waals surface area contributed by atoms with Crippen LogP contribution in [0.4, 0.5) is 0 Å². The molecule has 142 valence electrons. The second kappa shape index (κ2) is 9.92. The van der Waals surface area contributed by atoms with Crippen molar-refractivity contribution >= 4 is 35.3 Å². The van der Waals surface area contributed by atoms with Crippen molar-refractivity contribution in [1.82, 2.24) is 15.8 Å². The average Bonchev–Trinajstić information content (AvgIpc) is 2.99. The van der Waals surface area contributed by atoms with E-state index < -0.39 is 5.91 Å². The number of rotatable bonds is 7. The van der Waals surface area contributed by atoms with Crippen LogP contribution in [0.2, 0.25) is 0 Å². The highest BCUT2D eigenvalue weighted by Gasteiger charge is 2.07. The van der Waals surface area contributed by atoms with Crippen LogP contribution < -0.4 is 10.8 Å². The maximum atomic E-state index is 11.0. The fourth-order valence-corrected chi connectivity index (χ4v) is 3.06. The van der Waals surface area contributed by atoms with E-state index in [9.17, 15) is 4.79 Å². The number of H-pyrrole nitrogens is 1. The molecule has 1 heterocycles. The summed E-state index contributed by atoms with van der Waals surface area (Å²) in [5.41, 5.74) is 7.46. The van der Waals surface area contributed by atoms with Crippen molar-refractivity contribution in [2.45, 2.75) is 19.9 Å². The number of fused-ring (bicyclic) bond motifs is 1. The Morgan fingerprint density at radius 2 is 1.89 bits per heavy atom. The molecule has 0 bridgehead atoms. The van der Waals surface area contributed by atoms with Crippen LogP contribution in [-0.4, -0.2) is 22.6 Å². The molecule has 0 unspecified atom stereocenters. The number of hydroxylamine groups is 1. The first-order chi connectivity index (χ1) is 12.7. The van der Waals surface area contributed by atoms with Crippen LogP contribution in [0.25, 0.3) is 17.0 Å². The van der Waals surface area contributed by atoms with Gasteiger partial charge in [-0.3, -0.25) is 10.0 Å². The van der Waals surface area contributed by atoms with Crippen LogP contribution in [0, 0.1) is 6.92 Å². The molecule has 0 saturated heterocycles. The van der Waals surface area contributed by atoms with Gasteiger partial charge in [0.2, 0.25) is 0 Å². The number of amides is 1. The lowest BCUT2D eigenvalue weighted by Crippen LogP contribution is -2.16. The Hall–Kier alpha value is -2.60. The lowest BCUT2D eigenvalue weighted by atomic mass is 10.1. The Balaban J connectivity index is 0.00000261. The molecule has 0 aliphatic carbocycles. The van der Waals surface area contributed by atoms with Gasteiger partial charge < -0.3 is 10.3 Å². The van der Waals surface area contributed by atoms with Gasteiger partial charge in [0.15, 0.2) is 0 Å². The van der Waals surface area contributed by atoms with Crippen molar-refractivity contribution in [1.29, 1.82) is 0 Å². The zero-order valence-electron chi connectivity index (χ0n) is 15.2. The number of carbonyl (C=O) groups is 1. The smallest absolute Gasteiger partial charge is 0.267 e. The maximum Gasteiger partial charge on any atom is 0.267 e. The quantitative estimate of drug-likeness (QED) is 0.216. The van der Waals surface area contributed by atoms with Gasteiger partial charge in [-0.2, -0.15) is 0 Å². The molecule has 0 aliphatic heterocycles. The van der Waals surface area contributed by atoms with Crippen LogP contribution in [0.3, 0.4) is 0 Å². The summed E-state index contributed by atoms with van der Waals surface area (Å²) in [7, 11) is 0. The molecule has 6 heteroatoms. The Morgan fingerprint density at radius 1 is 1.15 bits per heavy atom. The summed E-state index contributed by atoms with van der Waals surface area (Å²) in [6.07, 6.45) is 3.92. The third-order valence-electron chi connectivity index (χ3n) is 4.42. The topological polar surface area (TPSA) is 77.2 Å². The van der Waals surface area contributed by atoms with E-state index in [0.29, 0.717) is 0 Å². The van der Waals surface area contributed by atoms with Gasteiger partial charge in [0, 0.05) is 29.2 Å². The van der Waals surface area contributed by atoms with Crippen molar-refractivity contribution in [3.63, 3.8) is 0 Å². The van der Waals surface area contributed by atoms with Crippen molar-refractivity contribution < 1.29 is 10.0 Å². The molecule has 0 radical (unpaired) electrons. The van der Waals surface area contributed by atoms with Crippen LogP contribution >= 0.6 is 12.4 Å². The van der Waals surface area contributed by atoms with E-state index in [2.05, 4.69) is 41.5 Å². The van der Waals surface area contributed by atoms with E-state index in [1.54, 1.807) is 11.6 Å². The van der Waals surface area contributed by atoms with Crippen molar-refractivity contribution in [2.24, 2.45) is 0 Å². The van der Waals surface area contributed by atoms with Crippen LogP contribution in [0.5, 0.6) is 0 Å². The Bertz CT molecular complexity index is 917. The highest BCUT2D eigenvalue weighted by Crippen LogP contribution is 2.21. The van der Waals surface area contributed by atoms with E-state index in [0.717, 1.165) is 25.1 Å². The van der Waals surface area contributed by atoms with Gasteiger partial charge in [-0.1, -0.05) is 42.5 Å². The lowest BCUT2D eigenvalue weighted by molar-refractivity contribution is -0.124. The highest BCUT2D eigenvalue weighted by molar-refractivity contribution is 5.90. The highest BCUT2D eigenvalue weighted by atomic mass is 35.5. The Labute approximate surface area is 164 Å². The molecule has 1 amide bonds. The minimum absolute atomic E-state index is 0. The van der Waals surface area contributed by atoms with Crippen LogP contribution in [-0.2, 0) is 17.8 Å². The summed E-state index contributed by atoms with van der Waals surface area (Å²) in [5.74, 6) is -0.539. The van der Waals surface area contributed by atoms with Gasteiger partial charge >= 0.3 is 0 Å². The fraction of sp³-hybridized carbons (Fsp3) is 0.190. The van der Waals surface area contributed by atoms with Gasteiger partial charge in [0.05, 0.1) is 0 Å². The molecular weight excluding hydrogens is 362 g/mol. The number of benzene rings is 2. The van der Waals surface area contributed by atoms with Crippen LogP contribution in [0.15, 0.2) is 54.6 Å². The van der Waals surface area contributed by atoms with E-state index in [1.807, 2.05) is 24.3 Å². The van der Waals surface area contributed by atoms with Gasteiger partial charge in [-0.05, 0) is 48.7 Å². The first-order valence-electron chi connectivity index (χ1n) is 8.65. The monoisotopic (exact) mass is 385 g/mol. The van der Waals surface area contributed by atoms with E-state index in [-0.39, 0.29) is 12.4 Å². The molecule has 0 aliphatic rings. The molecule has 3 aromatic rings. The average molecular weight is 386 g/mol. The molecular formula is C21H24ClN3O2. The third kappa shape index (κ3) is 5.44. The number of carbonyl (C=O) groups excluding carboxylic acids is 1. The number of aryl methyl sites for hydroxylation is 1. The molecule has 3 rings (SSSR count). The normalized spacial score (nSPS) is 10.9. The molecule has 4 N–H and O–H groups in total. The zero-order valence-corrected chi connectivity index (χ0v) is 16.0. The number of hydrogen-bond acceptors (Lipinski definition) is 3. The number of halogens is 1. The Morgan fingerprint density at radius 3 is 2.63 bits per heavy atom. The molecule has 2 aromatic carbocycles. The van der Waals surface area contributed by atoms with Crippen LogP contribution in [0.1, 0.15) is 22.4 Å². The second-order valence-electron chi connectivity index (χ2n) is 6.25. The minimum atomic E-state index is -0.539. The van der Waals surface area contributed by atoms with Crippen molar-refractivity contribution in [2.75, 3.05) is 6.54 Å². The molecule has 0 fully saturated rings. The van der Waals surface area contributed by atoms with E-state index in [4.69, 9.17) is 5.21 Å². The summed E-state index contributed by atoms with van der Waals surface area (Å²) in [6.45, 7) is 3.82. The van der Waals surface area contributed by atoms with E-state index >= 15 is 0 Å². The number of aromatic amines is 1. The van der Waals surface area contributed by atoms with Crippen molar-refractivity contribution in [3.8, 4) is 0 Å².